The molecule has 1 N–H and O–H groups in total. The van der Waals surface area contributed by atoms with E-state index in [2.05, 4.69) is 16.2 Å². The van der Waals surface area contributed by atoms with Crippen LogP contribution in [-0.2, 0) is 0 Å². The van der Waals surface area contributed by atoms with Gasteiger partial charge in [0.25, 0.3) is 0 Å². The fourth-order valence-electron chi connectivity index (χ4n) is 1.89. The molecule has 0 unspecified atom stereocenters. The predicted molar refractivity (Wildman–Crippen MR) is 70.1 cm³/mol. The highest BCUT2D eigenvalue weighted by molar-refractivity contribution is 5.85. The zero-order valence-corrected chi connectivity index (χ0v) is 10.2. The van der Waals surface area contributed by atoms with Gasteiger partial charge >= 0.3 is 5.97 Å². The predicted octanol–water partition coefficient (Wildman–Crippen LogP) is 1.97. The second-order valence-electron chi connectivity index (χ2n) is 4.14. The Morgan fingerprint density at radius 3 is 2.90 bits per heavy atom. The Morgan fingerprint density at radius 2 is 2.15 bits per heavy atom. The molecule has 0 fully saturated rings. The lowest BCUT2D eigenvalue weighted by atomic mass is 10.1. The monoisotopic (exact) mass is 264 g/mol. The van der Waals surface area contributed by atoms with Crippen LogP contribution in [0.5, 0.6) is 0 Å². The maximum atomic E-state index is 10.9. The van der Waals surface area contributed by atoms with Crippen LogP contribution in [0.25, 0.3) is 16.9 Å². The molecule has 2 heterocycles. The second kappa shape index (κ2) is 4.48. The Balaban J connectivity index is 2.13. The van der Waals surface area contributed by atoms with Gasteiger partial charge in [0.2, 0.25) is 0 Å². The molecule has 0 spiro atoms. The van der Waals surface area contributed by atoms with Gasteiger partial charge in [-0.2, -0.15) is 10.4 Å². The molecule has 0 aliphatic rings. The van der Waals surface area contributed by atoms with Crippen molar-refractivity contribution < 1.29 is 9.90 Å². The summed E-state index contributed by atoms with van der Waals surface area (Å²) in [6.45, 7) is 0. The molecule has 0 amide bonds. The summed E-state index contributed by atoms with van der Waals surface area (Å²) < 4.78 is 1.50. The molecule has 0 radical (unpaired) electrons. The SMILES string of the molecule is N#Cc1cccc(-c2cc3nc(C(=O)O)ccn3n2)c1. The number of aromatic nitrogens is 3. The normalized spacial score (nSPS) is 10.3. The standard InChI is InChI=1S/C14H8N4O2/c15-8-9-2-1-3-10(6-9)12-7-13-16-11(14(19)20)4-5-18(13)17-12/h1-7H,(H,19,20). The van der Waals surface area contributed by atoms with Gasteiger partial charge in [-0.25, -0.2) is 14.3 Å². The van der Waals surface area contributed by atoms with Gasteiger partial charge in [-0.15, -0.1) is 0 Å². The summed E-state index contributed by atoms with van der Waals surface area (Å²) in [5.41, 5.74) is 2.37. The summed E-state index contributed by atoms with van der Waals surface area (Å²) in [6.07, 6.45) is 1.55. The quantitative estimate of drug-likeness (QED) is 0.764. The molecule has 6 nitrogen and oxygen atoms in total. The molecule has 0 saturated heterocycles. The van der Waals surface area contributed by atoms with Gasteiger partial charge < -0.3 is 5.11 Å². The van der Waals surface area contributed by atoms with E-state index in [4.69, 9.17) is 10.4 Å². The van der Waals surface area contributed by atoms with Gasteiger partial charge in [0.05, 0.1) is 17.3 Å². The first-order valence-corrected chi connectivity index (χ1v) is 5.77. The van der Waals surface area contributed by atoms with Crippen molar-refractivity contribution in [3.63, 3.8) is 0 Å². The number of rotatable bonds is 2. The van der Waals surface area contributed by atoms with E-state index < -0.39 is 5.97 Å². The van der Waals surface area contributed by atoms with Crippen LogP contribution >= 0.6 is 0 Å². The Labute approximate surface area is 113 Å². The van der Waals surface area contributed by atoms with E-state index in [0.717, 1.165) is 5.56 Å². The van der Waals surface area contributed by atoms with Crippen molar-refractivity contribution in [1.29, 1.82) is 5.26 Å². The van der Waals surface area contributed by atoms with Crippen LogP contribution in [0.4, 0.5) is 0 Å². The zero-order valence-electron chi connectivity index (χ0n) is 10.2. The van der Waals surface area contributed by atoms with Gasteiger partial charge in [-0.05, 0) is 18.2 Å². The fourth-order valence-corrected chi connectivity index (χ4v) is 1.89. The first-order valence-electron chi connectivity index (χ1n) is 5.77. The summed E-state index contributed by atoms with van der Waals surface area (Å²) in [6, 6.07) is 12.2. The highest BCUT2D eigenvalue weighted by atomic mass is 16.4. The number of aromatic carboxylic acids is 1. The molecule has 0 saturated carbocycles. The van der Waals surface area contributed by atoms with E-state index >= 15 is 0 Å². The third-order valence-corrected chi connectivity index (χ3v) is 2.83. The maximum Gasteiger partial charge on any atom is 0.354 e. The Morgan fingerprint density at radius 1 is 1.30 bits per heavy atom. The average molecular weight is 264 g/mol. The smallest absolute Gasteiger partial charge is 0.354 e. The van der Waals surface area contributed by atoms with E-state index in [-0.39, 0.29) is 5.69 Å². The van der Waals surface area contributed by atoms with Crippen molar-refractivity contribution in [2.45, 2.75) is 0 Å². The molecule has 3 aromatic rings. The third-order valence-electron chi connectivity index (χ3n) is 2.83. The second-order valence-corrected chi connectivity index (χ2v) is 4.14. The summed E-state index contributed by atoms with van der Waals surface area (Å²) in [7, 11) is 0. The Bertz CT molecular complexity index is 861. The molecule has 2 aromatic heterocycles. The van der Waals surface area contributed by atoms with Crippen molar-refractivity contribution in [2.75, 3.05) is 0 Å². The van der Waals surface area contributed by atoms with Gasteiger partial charge in [0.15, 0.2) is 11.3 Å². The molecule has 0 atom stereocenters. The van der Waals surface area contributed by atoms with E-state index in [1.165, 1.54) is 10.6 Å². The van der Waals surface area contributed by atoms with Crippen molar-refractivity contribution in [3.8, 4) is 17.3 Å². The number of nitriles is 1. The largest absolute Gasteiger partial charge is 0.477 e. The van der Waals surface area contributed by atoms with Crippen LogP contribution in [0.3, 0.4) is 0 Å². The van der Waals surface area contributed by atoms with Crippen molar-refractivity contribution >= 4 is 11.6 Å². The minimum atomic E-state index is -1.08. The highest BCUT2D eigenvalue weighted by Gasteiger charge is 2.09. The maximum absolute atomic E-state index is 10.9. The van der Waals surface area contributed by atoms with E-state index in [1.54, 1.807) is 30.5 Å². The van der Waals surface area contributed by atoms with Gasteiger partial charge in [-0.1, -0.05) is 12.1 Å². The van der Waals surface area contributed by atoms with Crippen LogP contribution in [0, 0.1) is 11.3 Å². The number of carboxylic acid groups (broad SMARTS) is 1. The summed E-state index contributed by atoms with van der Waals surface area (Å²) in [4.78, 5) is 14.9. The number of benzene rings is 1. The van der Waals surface area contributed by atoms with Crippen LogP contribution < -0.4 is 0 Å². The number of hydrogen-bond donors (Lipinski definition) is 1. The number of hydrogen-bond acceptors (Lipinski definition) is 4. The van der Waals surface area contributed by atoms with Crippen molar-refractivity contribution in [2.24, 2.45) is 0 Å². The van der Waals surface area contributed by atoms with Gasteiger partial charge in [0.1, 0.15) is 0 Å². The van der Waals surface area contributed by atoms with Crippen molar-refractivity contribution in [3.05, 3.63) is 53.9 Å². The fraction of sp³-hybridized carbons (Fsp3) is 0. The minimum Gasteiger partial charge on any atom is -0.477 e. The first kappa shape index (κ1) is 11.9. The summed E-state index contributed by atoms with van der Waals surface area (Å²) in [5, 5.41) is 22.1. The van der Waals surface area contributed by atoms with Crippen LogP contribution in [-0.4, -0.2) is 25.7 Å². The Hall–Kier alpha value is -3.20. The lowest BCUT2D eigenvalue weighted by Crippen LogP contribution is -2.01. The minimum absolute atomic E-state index is 0.0327. The number of carboxylic acids is 1. The molecule has 0 bridgehead atoms. The number of nitrogens with zero attached hydrogens (tertiary/aromatic N) is 4. The van der Waals surface area contributed by atoms with Crippen LogP contribution in [0.15, 0.2) is 42.6 Å². The molecular weight excluding hydrogens is 256 g/mol. The molecule has 6 heteroatoms. The molecule has 0 aliphatic carbocycles. The molecule has 3 rings (SSSR count). The lowest BCUT2D eigenvalue weighted by molar-refractivity contribution is 0.0690. The van der Waals surface area contributed by atoms with E-state index in [1.807, 2.05) is 6.07 Å². The molecule has 1 aromatic carbocycles. The molecular formula is C14H8N4O2. The summed E-state index contributed by atoms with van der Waals surface area (Å²) in [5.74, 6) is -1.08. The summed E-state index contributed by atoms with van der Waals surface area (Å²) >= 11 is 0. The lowest BCUT2D eigenvalue weighted by Gasteiger charge is -1.95. The number of carbonyl (C=O) groups is 1. The topological polar surface area (TPSA) is 91.3 Å². The Kier molecular flexibility index (Phi) is 2.66. The van der Waals surface area contributed by atoms with Crippen LogP contribution in [0.1, 0.15) is 16.1 Å². The van der Waals surface area contributed by atoms with Crippen molar-refractivity contribution in [1.82, 2.24) is 14.6 Å². The average Bonchev–Trinajstić information content (AvgIpc) is 2.90. The highest BCUT2D eigenvalue weighted by Crippen LogP contribution is 2.20. The van der Waals surface area contributed by atoms with Gasteiger partial charge in [-0.3, -0.25) is 0 Å². The third kappa shape index (κ3) is 1.97. The molecule has 0 aliphatic heterocycles. The first-order chi connectivity index (χ1) is 9.67. The zero-order chi connectivity index (χ0) is 14.1. The van der Waals surface area contributed by atoms with E-state index in [0.29, 0.717) is 16.9 Å². The molecule has 20 heavy (non-hydrogen) atoms. The van der Waals surface area contributed by atoms with Gasteiger partial charge in [0, 0.05) is 17.8 Å². The molecule has 96 valence electrons. The van der Waals surface area contributed by atoms with Crippen LogP contribution in [0.2, 0.25) is 0 Å². The number of fused-ring (bicyclic) bond motifs is 1. The van der Waals surface area contributed by atoms with E-state index in [9.17, 15) is 4.79 Å².